The third-order valence-corrected chi connectivity index (χ3v) is 3.66. The number of hydrogen-bond donors (Lipinski definition) is 1. The molecule has 0 heterocycles. The maximum atomic E-state index is 13.4. The number of unbranched alkanes of at least 4 members (excludes halogenated alkanes) is 2. The molecular weight excluding hydrogens is 260 g/mol. The molecule has 0 aromatic heterocycles. The fraction of sp³-hybridized carbons (Fsp3) is 0.438. The van der Waals surface area contributed by atoms with E-state index in [0.717, 1.165) is 49.3 Å². The van der Waals surface area contributed by atoms with Crippen LogP contribution in [0.1, 0.15) is 51.0 Å². The van der Waals surface area contributed by atoms with Gasteiger partial charge in [-0.2, -0.15) is 0 Å². The summed E-state index contributed by atoms with van der Waals surface area (Å²) in [7, 11) is 0. The van der Waals surface area contributed by atoms with E-state index in [-0.39, 0.29) is 0 Å². The molecule has 4 heteroatoms. The average molecular weight is 279 g/mol. The van der Waals surface area contributed by atoms with Crippen molar-refractivity contribution < 1.29 is 14.0 Å². The molecule has 0 spiro atoms. The number of rotatable bonds is 5. The summed E-state index contributed by atoms with van der Waals surface area (Å²) < 4.78 is 26.8. The molecule has 0 aliphatic heterocycles. The number of benzene rings is 1. The SMILES string of the molecule is CCCCCC1=C(c2cc(F)cc(F)c2)/C(=N/O)CC1. The summed E-state index contributed by atoms with van der Waals surface area (Å²) in [6, 6.07) is 3.45. The summed E-state index contributed by atoms with van der Waals surface area (Å²) in [4.78, 5) is 0. The zero-order valence-electron chi connectivity index (χ0n) is 11.6. The molecule has 1 aromatic carbocycles. The molecule has 1 aliphatic rings. The zero-order chi connectivity index (χ0) is 14.5. The first kappa shape index (κ1) is 14.7. The molecule has 0 saturated carbocycles. The van der Waals surface area contributed by atoms with Crippen LogP contribution in [0.2, 0.25) is 0 Å². The Morgan fingerprint density at radius 2 is 1.80 bits per heavy atom. The summed E-state index contributed by atoms with van der Waals surface area (Å²) in [6.07, 6.45) is 5.62. The Balaban J connectivity index is 2.37. The number of nitrogens with zero attached hydrogens (tertiary/aromatic N) is 1. The Kier molecular flexibility index (Phi) is 4.88. The van der Waals surface area contributed by atoms with Crippen molar-refractivity contribution in [1.29, 1.82) is 0 Å². The Labute approximate surface area is 117 Å². The number of halogens is 2. The Hall–Kier alpha value is -1.71. The first-order valence-corrected chi connectivity index (χ1v) is 7.05. The van der Waals surface area contributed by atoms with Gasteiger partial charge in [0.05, 0.1) is 5.71 Å². The van der Waals surface area contributed by atoms with E-state index in [2.05, 4.69) is 12.1 Å². The largest absolute Gasteiger partial charge is 0.411 e. The lowest BCUT2D eigenvalue weighted by atomic mass is 9.97. The molecule has 0 radical (unpaired) electrons. The lowest BCUT2D eigenvalue weighted by Crippen LogP contribution is -1.99. The van der Waals surface area contributed by atoms with Crippen molar-refractivity contribution in [2.75, 3.05) is 0 Å². The second-order valence-electron chi connectivity index (χ2n) is 5.14. The monoisotopic (exact) mass is 279 g/mol. The molecule has 1 N–H and O–H groups in total. The van der Waals surface area contributed by atoms with Crippen LogP contribution in [0.25, 0.3) is 5.57 Å². The van der Waals surface area contributed by atoms with Gasteiger partial charge in [-0.15, -0.1) is 0 Å². The third kappa shape index (κ3) is 3.24. The van der Waals surface area contributed by atoms with Gasteiger partial charge in [0.15, 0.2) is 0 Å². The smallest absolute Gasteiger partial charge is 0.126 e. The Bertz CT molecular complexity index is 529. The quantitative estimate of drug-likeness (QED) is 0.463. The van der Waals surface area contributed by atoms with E-state index < -0.39 is 11.6 Å². The molecule has 0 saturated heterocycles. The predicted molar refractivity (Wildman–Crippen MR) is 75.9 cm³/mol. The second-order valence-corrected chi connectivity index (χ2v) is 5.14. The van der Waals surface area contributed by atoms with E-state index in [0.29, 0.717) is 17.7 Å². The first-order chi connectivity index (χ1) is 9.65. The molecule has 2 nitrogen and oxygen atoms in total. The summed E-state index contributed by atoms with van der Waals surface area (Å²) in [6.45, 7) is 2.13. The van der Waals surface area contributed by atoms with E-state index in [1.54, 1.807) is 0 Å². The van der Waals surface area contributed by atoms with Gasteiger partial charge in [0.2, 0.25) is 0 Å². The topological polar surface area (TPSA) is 32.6 Å². The minimum atomic E-state index is -0.607. The van der Waals surface area contributed by atoms with Crippen molar-refractivity contribution >= 4 is 11.3 Å². The van der Waals surface area contributed by atoms with Crippen LogP contribution >= 0.6 is 0 Å². The lowest BCUT2D eigenvalue weighted by molar-refractivity contribution is 0.319. The summed E-state index contributed by atoms with van der Waals surface area (Å²) in [5, 5.41) is 12.4. The van der Waals surface area contributed by atoms with E-state index >= 15 is 0 Å². The van der Waals surface area contributed by atoms with Gasteiger partial charge in [-0.1, -0.05) is 30.5 Å². The van der Waals surface area contributed by atoms with Crippen molar-refractivity contribution in [3.05, 3.63) is 41.0 Å². The predicted octanol–water partition coefficient (Wildman–Crippen LogP) is 4.92. The molecule has 1 aromatic rings. The van der Waals surface area contributed by atoms with Crippen molar-refractivity contribution in [3.63, 3.8) is 0 Å². The van der Waals surface area contributed by atoms with Gasteiger partial charge in [-0.25, -0.2) is 8.78 Å². The van der Waals surface area contributed by atoms with Crippen LogP contribution in [0.4, 0.5) is 8.78 Å². The number of oxime groups is 1. The molecule has 0 bridgehead atoms. The van der Waals surface area contributed by atoms with Crippen LogP contribution in [0, 0.1) is 11.6 Å². The van der Waals surface area contributed by atoms with Crippen LogP contribution in [0.5, 0.6) is 0 Å². The van der Waals surface area contributed by atoms with E-state index in [1.807, 2.05) is 0 Å². The van der Waals surface area contributed by atoms with E-state index in [1.165, 1.54) is 12.1 Å². The molecule has 1 aliphatic carbocycles. The van der Waals surface area contributed by atoms with Gasteiger partial charge in [-0.3, -0.25) is 0 Å². The minimum Gasteiger partial charge on any atom is -0.411 e. The van der Waals surface area contributed by atoms with Gasteiger partial charge in [-0.05, 0) is 43.4 Å². The summed E-state index contributed by atoms with van der Waals surface area (Å²) in [5.74, 6) is -1.21. The van der Waals surface area contributed by atoms with Gasteiger partial charge >= 0.3 is 0 Å². The van der Waals surface area contributed by atoms with Crippen molar-refractivity contribution in [2.24, 2.45) is 5.16 Å². The standard InChI is InChI=1S/C16H19F2NO/c1-2-3-4-5-11-6-7-15(19-20)16(11)12-8-13(17)10-14(18)9-12/h8-10,20H,2-7H2,1H3/b19-15+. The highest BCUT2D eigenvalue weighted by atomic mass is 19.1. The summed E-state index contributed by atoms with van der Waals surface area (Å²) in [5.41, 5.74) is 2.86. The highest BCUT2D eigenvalue weighted by Crippen LogP contribution is 2.35. The molecule has 0 unspecified atom stereocenters. The van der Waals surface area contributed by atoms with Crippen LogP contribution in [-0.4, -0.2) is 10.9 Å². The van der Waals surface area contributed by atoms with Crippen LogP contribution < -0.4 is 0 Å². The third-order valence-electron chi connectivity index (χ3n) is 3.66. The fourth-order valence-corrected chi connectivity index (χ4v) is 2.73. The van der Waals surface area contributed by atoms with Gasteiger partial charge in [0, 0.05) is 11.6 Å². The lowest BCUT2D eigenvalue weighted by Gasteiger charge is -2.08. The average Bonchev–Trinajstić information content (AvgIpc) is 2.81. The van der Waals surface area contributed by atoms with Gasteiger partial charge < -0.3 is 5.21 Å². The zero-order valence-corrected chi connectivity index (χ0v) is 11.6. The van der Waals surface area contributed by atoms with E-state index in [9.17, 15) is 8.78 Å². The Morgan fingerprint density at radius 3 is 2.40 bits per heavy atom. The number of allylic oxidation sites excluding steroid dienone is 2. The van der Waals surface area contributed by atoms with Crippen molar-refractivity contribution in [3.8, 4) is 0 Å². The Morgan fingerprint density at radius 1 is 1.10 bits per heavy atom. The van der Waals surface area contributed by atoms with Crippen molar-refractivity contribution in [2.45, 2.75) is 45.4 Å². The second kappa shape index (κ2) is 6.64. The van der Waals surface area contributed by atoms with E-state index in [4.69, 9.17) is 5.21 Å². The molecule has 108 valence electrons. The van der Waals surface area contributed by atoms with Gasteiger partial charge in [0.25, 0.3) is 0 Å². The van der Waals surface area contributed by atoms with Gasteiger partial charge in [0.1, 0.15) is 11.6 Å². The molecule has 0 amide bonds. The molecule has 0 fully saturated rings. The molecule has 2 rings (SSSR count). The highest BCUT2D eigenvalue weighted by molar-refractivity contribution is 6.26. The maximum Gasteiger partial charge on any atom is 0.126 e. The first-order valence-electron chi connectivity index (χ1n) is 7.05. The van der Waals surface area contributed by atoms with Crippen molar-refractivity contribution in [1.82, 2.24) is 0 Å². The van der Waals surface area contributed by atoms with Crippen LogP contribution in [0.15, 0.2) is 28.9 Å². The maximum absolute atomic E-state index is 13.4. The summed E-state index contributed by atoms with van der Waals surface area (Å²) >= 11 is 0. The van der Waals surface area contributed by atoms with Crippen LogP contribution in [0.3, 0.4) is 0 Å². The highest BCUT2D eigenvalue weighted by Gasteiger charge is 2.23. The van der Waals surface area contributed by atoms with Crippen LogP contribution in [-0.2, 0) is 0 Å². The normalized spacial score (nSPS) is 17.2. The minimum absolute atomic E-state index is 0.472. The molecular formula is C16H19F2NO. The molecule has 0 atom stereocenters. The fourth-order valence-electron chi connectivity index (χ4n) is 2.73. The molecule has 20 heavy (non-hydrogen) atoms. The number of hydrogen-bond acceptors (Lipinski definition) is 2.